The van der Waals surface area contributed by atoms with Gasteiger partial charge in [0.1, 0.15) is 0 Å². The number of carbonyl (C=O) groups excluding carboxylic acids is 2. The number of nitrogens with one attached hydrogen (secondary N) is 2. The third-order valence-electron chi connectivity index (χ3n) is 4.02. The Morgan fingerprint density at radius 2 is 1.76 bits per heavy atom. The lowest BCUT2D eigenvalue weighted by atomic mass is 10.1. The molecule has 0 spiro atoms. The van der Waals surface area contributed by atoms with Gasteiger partial charge in [0.25, 0.3) is 11.8 Å². The van der Waals surface area contributed by atoms with E-state index in [0.717, 1.165) is 19.3 Å². The van der Waals surface area contributed by atoms with Crippen molar-refractivity contribution in [2.24, 2.45) is 0 Å². The normalized spacial score (nSPS) is 11.6. The number of carbonyl (C=O) groups is 2. The fourth-order valence-electron chi connectivity index (χ4n) is 2.34. The van der Waals surface area contributed by atoms with Gasteiger partial charge in [-0.25, -0.2) is 0 Å². The Morgan fingerprint density at radius 1 is 1.08 bits per heavy atom. The molecule has 2 N–H and O–H groups in total. The lowest BCUT2D eigenvalue weighted by molar-refractivity contribution is 0.0939. The van der Waals surface area contributed by atoms with Crippen molar-refractivity contribution in [3.05, 3.63) is 65.5 Å². The Balaban J connectivity index is 1.85. The molecule has 0 saturated carbocycles. The van der Waals surface area contributed by atoms with Crippen molar-refractivity contribution in [2.45, 2.75) is 39.2 Å². The van der Waals surface area contributed by atoms with Crippen LogP contribution in [0, 0.1) is 0 Å². The van der Waals surface area contributed by atoms with Gasteiger partial charge in [-0.3, -0.25) is 14.6 Å². The first-order valence-electron chi connectivity index (χ1n) is 8.68. The summed E-state index contributed by atoms with van der Waals surface area (Å²) in [6.45, 7) is 4.52. The Bertz CT molecular complexity index is 701. The van der Waals surface area contributed by atoms with Crippen LogP contribution < -0.4 is 10.6 Å². The molecular weight excluding hydrogens is 314 g/mol. The van der Waals surface area contributed by atoms with Crippen LogP contribution in [0.1, 0.15) is 53.0 Å². The van der Waals surface area contributed by atoms with E-state index in [0.29, 0.717) is 17.7 Å². The summed E-state index contributed by atoms with van der Waals surface area (Å²) < 4.78 is 0. The van der Waals surface area contributed by atoms with Crippen molar-refractivity contribution >= 4 is 11.8 Å². The Morgan fingerprint density at radius 3 is 2.44 bits per heavy atom. The van der Waals surface area contributed by atoms with Crippen LogP contribution in [0.4, 0.5) is 0 Å². The summed E-state index contributed by atoms with van der Waals surface area (Å²) in [6.07, 6.45) is 5.57. The predicted molar refractivity (Wildman–Crippen MR) is 98.6 cm³/mol. The van der Waals surface area contributed by atoms with Crippen molar-refractivity contribution in [1.82, 2.24) is 15.6 Å². The zero-order chi connectivity index (χ0) is 18.1. The minimum Gasteiger partial charge on any atom is -0.352 e. The van der Waals surface area contributed by atoms with Crippen LogP contribution in [0.15, 0.2) is 48.8 Å². The SMILES string of the molecule is CCC(C)NC(=O)c1cncc(C(=O)NCCCc2ccccc2)c1. The van der Waals surface area contributed by atoms with Gasteiger partial charge in [0.15, 0.2) is 0 Å². The molecule has 0 radical (unpaired) electrons. The van der Waals surface area contributed by atoms with E-state index < -0.39 is 0 Å². The maximum absolute atomic E-state index is 12.2. The monoisotopic (exact) mass is 339 g/mol. The molecular formula is C20H25N3O2. The predicted octanol–water partition coefficient (Wildman–Crippen LogP) is 2.97. The first-order chi connectivity index (χ1) is 12.1. The van der Waals surface area contributed by atoms with Gasteiger partial charge in [-0.15, -0.1) is 0 Å². The molecule has 0 fully saturated rings. The summed E-state index contributed by atoms with van der Waals surface area (Å²) in [5, 5.41) is 5.75. The molecule has 1 heterocycles. The van der Waals surface area contributed by atoms with Crippen molar-refractivity contribution in [1.29, 1.82) is 0 Å². The van der Waals surface area contributed by atoms with Crippen molar-refractivity contribution in [3.63, 3.8) is 0 Å². The molecule has 25 heavy (non-hydrogen) atoms. The van der Waals surface area contributed by atoms with Crippen LogP contribution in [0.25, 0.3) is 0 Å². The van der Waals surface area contributed by atoms with E-state index in [-0.39, 0.29) is 17.9 Å². The second-order valence-electron chi connectivity index (χ2n) is 6.09. The molecule has 2 rings (SSSR count). The highest BCUT2D eigenvalue weighted by Gasteiger charge is 2.12. The summed E-state index contributed by atoms with van der Waals surface area (Å²) in [5.41, 5.74) is 2.05. The van der Waals surface area contributed by atoms with Crippen LogP contribution >= 0.6 is 0 Å². The largest absolute Gasteiger partial charge is 0.352 e. The van der Waals surface area contributed by atoms with Crippen LogP contribution in [0.3, 0.4) is 0 Å². The van der Waals surface area contributed by atoms with Crippen LogP contribution in [0.2, 0.25) is 0 Å². The highest BCUT2D eigenvalue weighted by Crippen LogP contribution is 2.05. The Kier molecular flexibility index (Phi) is 7.14. The molecule has 0 saturated heterocycles. The second-order valence-corrected chi connectivity index (χ2v) is 6.09. The highest BCUT2D eigenvalue weighted by atomic mass is 16.2. The zero-order valence-electron chi connectivity index (χ0n) is 14.8. The van der Waals surface area contributed by atoms with Gasteiger partial charge >= 0.3 is 0 Å². The number of hydrogen-bond acceptors (Lipinski definition) is 3. The Labute approximate surface area is 148 Å². The molecule has 0 aliphatic heterocycles. The van der Waals surface area contributed by atoms with Gasteiger partial charge in [0, 0.05) is 25.0 Å². The number of amides is 2. The number of aromatic nitrogens is 1. The van der Waals surface area contributed by atoms with Gasteiger partial charge in [-0.2, -0.15) is 0 Å². The second kappa shape index (κ2) is 9.57. The maximum Gasteiger partial charge on any atom is 0.253 e. The molecule has 2 amide bonds. The molecule has 132 valence electrons. The van der Waals surface area contributed by atoms with Crippen molar-refractivity contribution in [2.75, 3.05) is 6.54 Å². The third-order valence-corrected chi connectivity index (χ3v) is 4.02. The van der Waals surface area contributed by atoms with Gasteiger partial charge in [0.2, 0.25) is 0 Å². The van der Waals surface area contributed by atoms with Crippen LogP contribution in [-0.4, -0.2) is 29.4 Å². The molecule has 0 aliphatic rings. The maximum atomic E-state index is 12.2. The number of pyridine rings is 1. The highest BCUT2D eigenvalue weighted by molar-refractivity contribution is 5.99. The summed E-state index contributed by atoms with van der Waals surface area (Å²) in [7, 11) is 0. The molecule has 2 aromatic rings. The molecule has 1 aromatic heterocycles. The fourth-order valence-corrected chi connectivity index (χ4v) is 2.34. The molecule has 5 nitrogen and oxygen atoms in total. The average Bonchev–Trinajstić information content (AvgIpc) is 2.65. The van der Waals surface area contributed by atoms with E-state index in [4.69, 9.17) is 0 Å². The quantitative estimate of drug-likeness (QED) is 0.726. The lowest BCUT2D eigenvalue weighted by Gasteiger charge is -2.11. The Hall–Kier alpha value is -2.69. The van der Waals surface area contributed by atoms with E-state index >= 15 is 0 Å². The van der Waals surface area contributed by atoms with Crippen molar-refractivity contribution < 1.29 is 9.59 Å². The standard InChI is InChI=1S/C20H25N3O2/c1-3-15(2)23-20(25)18-12-17(13-21-14-18)19(24)22-11-7-10-16-8-5-4-6-9-16/h4-6,8-9,12-15H,3,7,10-11H2,1-2H3,(H,22,24)(H,23,25). The lowest BCUT2D eigenvalue weighted by Crippen LogP contribution is -2.32. The summed E-state index contributed by atoms with van der Waals surface area (Å²) in [6, 6.07) is 11.8. The van der Waals surface area contributed by atoms with E-state index in [9.17, 15) is 9.59 Å². The molecule has 0 aliphatic carbocycles. The minimum absolute atomic E-state index is 0.0861. The number of rotatable bonds is 8. The average molecular weight is 339 g/mol. The van der Waals surface area contributed by atoms with Gasteiger partial charge < -0.3 is 10.6 Å². The summed E-state index contributed by atoms with van der Waals surface area (Å²) in [4.78, 5) is 28.4. The first-order valence-corrected chi connectivity index (χ1v) is 8.68. The smallest absolute Gasteiger partial charge is 0.253 e. The number of nitrogens with zero attached hydrogens (tertiary/aromatic N) is 1. The molecule has 5 heteroatoms. The number of benzene rings is 1. The van der Waals surface area contributed by atoms with E-state index in [1.807, 2.05) is 32.0 Å². The summed E-state index contributed by atoms with van der Waals surface area (Å²) in [5.74, 6) is -0.417. The molecule has 1 atom stereocenters. The van der Waals surface area contributed by atoms with Crippen LogP contribution in [-0.2, 0) is 6.42 Å². The molecule has 1 aromatic carbocycles. The van der Waals surface area contributed by atoms with E-state index in [1.54, 1.807) is 6.07 Å². The van der Waals surface area contributed by atoms with E-state index in [2.05, 4.69) is 27.8 Å². The van der Waals surface area contributed by atoms with Gasteiger partial charge in [-0.05, 0) is 37.8 Å². The molecule has 1 unspecified atom stereocenters. The van der Waals surface area contributed by atoms with Crippen molar-refractivity contribution in [3.8, 4) is 0 Å². The van der Waals surface area contributed by atoms with Crippen LogP contribution in [0.5, 0.6) is 0 Å². The zero-order valence-corrected chi connectivity index (χ0v) is 14.8. The summed E-state index contributed by atoms with van der Waals surface area (Å²) >= 11 is 0. The number of hydrogen-bond donors (Lipinski definition) is 2. The molecule has 0 bridgehead atoms. The van der Waals surface area contributed by atoms with Gasteiger partial charge in [-0.1, -0.05) is 37.3 Å². The van der Waals surface area contributed by atoms with E-state index in [1.165, 1.54) is 18.0 Å². The minimum atomic E-state index is -0.209. The number of aryl methyl sites for hydroxylation is 1. The topological polar surface area (TPSA) is 71.1 Å². The third kappa shape index (κ3) is 6.03. The van der Waals surface area contributed by atoms with Gasteiger partial charge in [0.05, 0.1) is 11.1 Å². The fraction of sp³-hybridized carbons (Fsp3) is 0.350. The first kappa shape index (κ1) is 18.6.